The third kappa shape index (κ3) is 8.16. The van der Waals surface area contributed by atoms with Crippen LogP contribution in [0.15, 0.2) is 30.4 Å². The quantitative estimate of drug-likeness (QED) is 0.213. The van der Waals surface area contributed by atoms with Crippen LogP contribution in [0.25, 0.3) is 11.3 Å². The van der Waals surface area contributed by atoms with Crippen LogP contribution >= 0.6 is 0 Å². The van der Waals surface area contributed by atoms with Crippen LogP contribution in [0.4, 0.5) is 21.0 Å². The molecule has 0 spiro atoms. The number of methoxy groups -OCH3 is 1. The van der Waals surface area contributed by atoms with E-state index in [2.05, 4.69) is 46.4 Å². The Morgan fingerprint density at radius 1 is 1.31 bits per heavy atom. The Hall–Kier alpha value is -4.15. The molecule has 12 nitrogen and oxygen atoms in total. The number of aromatic nitrogens is 2. The van der Waals surface area contributed by atoms with Crippen molar-refractivity contribution in [3.63, 3.8) is 0 Å². The van der Waals surface area contributed by atoms with E-state index in [-0.39, 0.29) is 36.9 Å². The molecule has 3 rings (SSSR count). The summed E-state index contributed by atoms with van der Waals surface area (Å²) < 4.78 is 12.2. The van der Waals surface area contributed by atoms with E-state index in [1.54, 1.807) is 34.9 Å². The van der Waals surface area contributed by atoms with Crippen molar-refractivity contribution in [2.24, 2.45) is 0 Å². The molecule has 1 aliphatic rings. The van der Waals surface area contributed by atoms with Gasteiger partial charge in [0.1, 0.15) is 30.0 Å². The summed E-state index contributed by atoms with van der Waals surface area (Å²) in [6.07, 6.45) is 2.54. The van der Waals surface area contributed by atoms with Gasteiger partial charge in [-0.15, -0.1) is 0 Å². The van der Waals surface area contributed by atoms with Crippen LogP contribution < -0.4 is 16.0 Å². The Bertz CT molecular complexity index is 1290. The molecule has 3 amide bonds. The number of fused-ring (bicyclic) bond motifs is 4. The van der Waals surface area contributed by atoms with Gasteiger partial charge in [0, 0.05) is 32.4 Å². The second-order valence-electron chi connectivity index (χ2n) is 10.2. The number of hydrogen-bond acceptors (Lipinski definition) is 7. The summed E-state index contributed by atoms with van der Waals surface area (Å²) in [5.74, 6) is 0.0401. The number of carbonyl (C=O) groups is 3. The van der Waals surface area contributed by atoms with Crippen molar-refractivity contribution >= 4 is 37.5 Å². The highest BCUT2D eigenvalue weighted by molar-refractivity contribution is 6.76. The molecule has 0 fully saturated rings. The number of nitrogens with one attached hydrogen (secondary N) is 3. The van der Waals surface area contributed by atoms with E-state index < -0.39 is 26.3 Å². The molecule has 0 saturated heterocycles. The van der Waals surface area contributed by atoms with E-state index in [4.69, 9.17) is 9.72 Å². The first-order valence-electron chi connectivity index (χ1n) is 12.5. The first kappa shape index (κ1) is 29.4. The molecule has 0 saturated carbocycles. The van der Waals surface area contributed by atoms with Gasteiger partial charge in [0.15, 0.2) is 0 Å². The van der Waals surface area contributed by atoms with Crippen LogP contribution in [0.3, 0.4) is 0 Å². The fraction of sp³-hybridized carbons (Fsp3) is 0.423. The normalized spacial score (nSPS) is 16.3. The Morgan fingerprint density at radius 3 is 2.74 bits per heavy atom. The highest BCUT2D eigenvalue weighted by Gasteiger charge is 2.27. The number of rotatable bonds is 7. The summed E-state index contributed by atoms with van der Waals surface area (Å²) in [7, 11) is -0.131. The van der Waals surface area contributed by atoms with E-state index in [0.717, 1.165) is 6.04 Å². The summed E-state index contributed by atoms with van der Waals surface area (Å²) in [5, 5.41) is 27.7. The van der Waals surface area contributed by atoms with Crippen molar-refractivity contribution in [3.05, 3.63) is 41.9 Å². The van der Waals surface area contributed by atoms with Gasteiger partial charge in [-0.2, -0.15) is 5.26 Å². The summed E-state index contributed by atoms with van der Waals surface area (Å²) in [6, 6.07) is 7.11. The number of carboxylic acid groups (broad SMARTS) is 1. The maximum atomic E-state index is 12.7. The number of carbonyl (C=O) groups excluding carboxylic acids is 2. The number of hydrogen-bond donors (Lipinski definition) is 4. The molecule has 2 heterocycles. The Labute approximate surface area is 228 Å². The second kappa shape index (κ2) is 13.1. The fourth-order valence-corrected chi connectivity index (χ4v) is 4.71. The van der Waals surface area contributed by atoms with Crippen LogP contribution in [-0.2, 0) is 21.0 Å². The minimum Gasteiger partial charge on any atom is -0.465 e. The molecule has 0 unspecified atom stereocenters. The molecule has 1 aromatic carbocycles. The van der Waals surface area contributed by atoms with Gasteiger partial charge < -0.3 is 25.2 Å². The third-order valence-electron chi connectivity index (χ3n) is 5.99. The molecule has 0 radical (unpaired) electrons. The molecule has 1 aromatic heterocycles. The molecule has 13 heteroatoms. The first-order chi connectivity index (χ1) is 18.5. The molecule has 208 valence electrons. The molecular weight excluding hydrogens is 520 g/mol. The predicted molar refractivity (Wildman–Crippen MR) is 148 cm³/mol. The smallest absolute Gasteiger partial charge is 0.411 e. The van der Waals surface area contributed by atoms with Crippen LogP contribution in [0, 0.1) is 11.3 Å². The molecule has 2 aromatic rings. The van der Waals surface area contributed by atoms with Gasteiger partial charge in [0.2, 0.25) is 5.91 Å². The lowest BCUT2D eigenvalue weighted by molar-refractivity contribution is -0.116. The van der Waals surface area contributed by atoms with Crippen LogP contribution in [0.1, 0.15) is 36.8 Å². The Kier molecular flexibility index (Phi) is 9.86. The van der Waals surface area contributed by atoms with Crippen LogP contribution in [-0.4, -0.2) is 54.5 Å². The Balaban J connectivity index is 2.17. The fourth-order valence-electron chi connectivity index (χ4n) is 3.96. The SMILES string of the molecule is COC(=O)Nc1ccc2c(c1)NC(=O)CC/C=C/C[C@H](NC(=O)O)c1nc-2c(C#N)n1COCC[Si](C)(C)C. The zero-order valence-corrected chi connectivity index (χ0v) is 23.5. The van der Waals surface area contributed by atoms with E-state index >= 15 is 0 Å². The number of nitriles is 1. The van der Waals surface area contributed by atoms with E-state index in [1.807, 2.05) is 0 Å². The summed E-state index contributed by atoms with van der Waals surface area (Å²) in [4.78, 5) is 40.9. The number of allylic oxidation sites excluding steroid dienone is 1. The third-order valence-corrected chi connectivity index (χ3v) is 7.69. The van der Waals surface area contributed by atoms with Gasteiger partial charge in [0.05, 0.1) is 18.8 Å². The molecule has 0 aliphatic carbocycles. The number of imidazole rings is 1. The average Bonchev–Trinajstić information content (AvgIpc) is 3.22. The topological polar surface area (TPSA) is 168 Å². The minimum absolute atomic E-state index is 0.000885. The van der Waals surface area contributed by atoms with E-state index in [9.17, 15) is 24.8 Å². The number of amides is 3. The van der Waals surface area contributed by atoms with Gasteiger partial charge in [-0.05, 0) is 37.1 Å². The maximum absolute atomic E-state index is 12.7. The van der Waals surface area contributed by atoms with Crippen LogP contribution in [0.5, 0.6) is 0 Å². The molecule has 2 bridgehead atoms. The number of ether oxygens (including phenoxy) is 2. The van der Waals surface area contributed by atoms with Crippen LogP contribution in [0.2, 0.25) is 25.7 Å². The van der Waals surface area contributed by atoms with Gasteiger partial charge in [-0.1, -0.05) is 31.8 Å². The van der Waals surface area contributed by atoms with Gasteiger partial charge in [0.25, 0.3) is 0 Å². The largest absolute Gasteiger partial charge is 0.465 e. The standard InChI is InChI=1S/C26H34N6O6Si/c1-37-26(36)28-17-10-11-18-20(14-17)29-22(33)9-7-5-6-8-19(30-25(34)35)24-31-23(18)21(15-27)32(24)16-38-12-13-39(2,3)4/h5-6,10-11,14,19,30H,7-9,12-13,16H2,1-4H3,(H,28,36)(H,29,33)(H,34,35)/b6-5+/t19-/m0/s1. The van der Waals surface area contributed by atoms with Crippen molar-refractivity contribution in [3.8, 4) is 17.3 Å². The first-order valence-corrected chi connectivity index (χ1v) is 16.2. The zero-order valence-electron chi connectivity index (χ0n) is 22.5. The summed E-state index contributed by atoms with van der Waals surface area (Å²) >= 11 is 0. The molecule has 39 heavy (non-hydrogen) atoms. The molecular formula is C26H34N6O6Si. The van der Waals surface area contributed by atoms with Gasteiger partial charge in [-0.3, -0.25) is 14.7 Å². The summed E-state index contributed by atoms with van der Waals surface area (Å²) in [5.41, 5.74) is 1.52. The molecule has 1 atom stereocenters. The number of nitrogens with zero attached hydrogens (tertiary/aromatic N) is 3. The molecule has 4 N–H and O–H groups in total. The van der Waals surface area contributed by atoms with Crippen molar-refractivity contribution in [1.29, 1.82) is 5.26 Å². The molecule has 1 aliphatic heterocycles. The van der Waals surface area contributed by atoms with Gasteiger partial charge >= 0.3 is 12.2 Å². The lowest BCUT2D eigenvalue weighted by Crippen LogP contribution is -2.29. The monoisotopic (exact) mass is 554 g/mol. The highest BCUT2D eigenvalue weighted by atomic mass is 28.3. The minimum atomic E-state index is -1.37. The van der Waals surface area contributed by atoms with Gasteiger partial charge in [-0.25, -0.2) is 14.6 Å². The lowest BCUT2D eigenvalue weighted by Gasteiger charge is -2.19. The van der Waals surface area contributed by atoms with Crippen molar-refractivity contribution in [1.82, 2.24) is 14.9 Å². The number of benzene rings is 1. The zero-order chi connectivity index (χ0) is 28.6. The predicted octanol–water partition coefficient (Wildman–Crippen LogP) is 4.90. The van der Waals surface area contributed by atoms with Crippen molar-refractivity contribution < 1.29 is 29.0 Å². The van der Waals surface area contributed by atoms with Crippen molar-refractivity contribution in [2.75, 3.05) is 24.4 Å². The van der Waals surface area contributed by atoms with E-state index in [1.165, 1.54) is 7.11 Å². The average molecular weight is 555 g/mol. The summed E-state index contributed by atoms with van der Waals surface area (Å²) in [6.45, 7) is 7.18. The van der Waals surface area contributed by atoms with E-state index in [0.29, 0.717) is 35.8 Å². The number of anilines is 2. The highest BCUT2D eigenvalue weighted by Crippen LogP contribution is 2.35. The van der Waals surface area contributed by atoms with Crippen molar-refractivity contribution in [2.45, 2.75) is 57.7 Å². The Morgan fingerprint density at radius 2 is 2.08 bits per heavy atom. The maximum Gasteiger partial charge on any atom is 0.411 e. The lowest BCUT2D eigenvalue weighted by atomic mass is 10.1. The second-order valence-corrected chi connectivity index (χ2v) is 15.8.